The number of rotatable bonds is 5. The Labute approximate surface area is 202 Å². The van der Waals surface area contributed by atoms with E-state index in [1.165, 1.54) is 0 Å². The van der Waals surface area contributed by atoms with Crippen LogP contribution in [-0.2, 0) is 12.6 Å². The molecule has 0 N–H and O–H groups in total. The number of nitrogens with zero attached hydrogens (tertiary/aromatic N) is 6. The first-order chi connectivity index (χ1) is 16.6. The Morgan fingerprint density at radius 3 is 2.43 bits per heavy atom. The highest BCUT2D eigenvalue weighted by Gasteiger charge is 2.38. The smallest absolute Gasteiger partial charge is 0.351 e. The van der Waals surface area contributed by atoms with Gasteiger partial charge in [-0.2, -0.15) is 18.3 Å². The van der Waals surface area contributed by atoms with Crippen LogP contribution in [0.25, 0.3) is 0 Å². The van der Waals surface area contributed by atoms with E-state index < -0.39 is 23.2 Å². The van der Waals surface area contributed by atoms with Crippen molar-refractivity contribution in [3.05, 3.63) is 70.2 Å². The van der Waals surface area contributed by atoms with Crippen LogP contribution < -0.4 is 9.80 Å². The van der Waals surface area contributed by atoms with Gasteiger partial charge in [-0.05, 0) is 44.4 Å². The fourth-order valence-corrected chi connectivity index (χ4v) is 4.33. The molecule has 3 aromatic rings. The predicted octanol–water partition coefficient (Wildman–Crippen LogP) is 4.41. The largest absolute Gasteiger partial charge is 0.434 e. The molecule has 0 amide bonds. The summed E-state index contributed by atoms with van der Waals surface area (Å²) in [7, 11) is 0. The van der Waals surface area contributed by atoms with E-state index in [4.69, 9.17) is 0 Å². The third kappa shape index (κ3) is 5.11. The molecule has 1 aromatic carbocycles. The minimum Gasteiger partial charge on any atom is -0.351 e. The van der Waals surface area contributed by atoms with E-state index in [9.17, 15) is 18.0 Å². The van der Waals surface area contributed by atoms with E-state index in [0.717, 1.165) is 41.3 Å². The number of ketones is 1. The highest BCUT2D eigenvalue weighted by Crippen LogP contribution is 2.32. The summed E-state index contributed by atoms with van der Waals surface area (Å²) < 4.78 is 40.5. The lowest BCUT2D eigenvalue weighted by atomic mass is 10.0. The molecule has 1 unspecified atom stereocenters. The molecule has 10 heteroatoms. The summed E-state index contributed by atoms with van der Waals surface area (Å²) in [6.07, 6.45) is -3.08. The zero-order chi connectivity index (χ0) is 25.3. The Morgan fingerprint density at radius 2 is 1.80 bits per heavy atom. The molecule has 0 spiro atoms. The highest BCUT2D eigenvalue weighted by atomic mass is 19.4. The molecular formula is C25H27F3N6O. The van der Waals surface area contributed by atoms with E-state index in [-0.39, 0.29) is 12.0 Å². The first-order valence-electron chi connectivity index (χ1n) is 11.4. The van der Waals surface area contributed by atoms with E-state index in [2.05, 4.69) is 37.2 Å². The number of carbonyl (C=O) groups excluding carboxylic acids is 1. The van der Waals surface area contributed by atoms with Crippen LogP contribution in [0.3, 0.4) is 0 Å². The summed E-state index contributed by atoms with van der Waals surface area (Å²) in [4.78, 5) is 23.3. The van der Waals surface area contributed by atoms with Gasteiger partial charge in [0.05, 0.1) is 11.3 Å². The number of aromatic nitrogens is 4. The Hall–Kier alpha value is -3.56. The molecular weight excluding hydrogens is 457 g/mol. The van der Waals surface area contributed by atoms with Crippen LogP contribution in [0, 0.1) is 13.8 Å². The number of carbonyl (C=O) groups is 1. The number of benzene rings is 1. The second-order valence-electron chi connectivity index (χ2n) is 8.86. The Kier molecular flexibility index (Phi) is 6.73. The van der Waals surface area contributed by atoms with Gasteiger partial charge in [-0.15, -0.1) is 5.10 Å². The van der Waals surface area contributed by atoms with Crippen molar-refractivity contribution in [1.29, 1.82) is 0 Å². The topological polar surface area (TPSA) is 75.1 Å². The van der Waals surface area contributed by atoms with Crippen LogP contribution in [0.5, 0.6) is 0 Å². The third-order valence-electron chi connectivity index (χ3n) is 6.42. The second-order valence-corrected chi connectivity index (χ2v) is 8.86. The van der Waals surface area contributed by atoms with Crippen molar-refractivity contribution in [2.24, 2.45) is 0 Å². The maximum atomic E-state index is 13.5. The fraction of sp³-hybridized carbons (Fsp3) is 0.400. The third-order valence-corrected chi connectivity index (χ3v) is 6.42. The van der Waals surface area contributed by atoms with Gasteiger partial charge in [0, 0.05) is 38.3 Å². The van der Waals surface area contributed by atoms with E-state index in [0.29, 0.717) is 26.1 Å². The number of piperazine rings is 1. The molecule has 1 fully saturated rings. The minimum atomic E-state index is -4.74. The van der Waals surface area contributed by atoms with Gasteiger partial charge in [0.15, 0.2) is 17.3 Å². The zero-order valence-electron chi connectivity index (χ0n) is 20.1. The van der Waals surface area contributed by atoms with Gasteiger partial charge < -0.3 is 9.80 Å². The Bertz CT molecular complexity index is 1230. The van der Waals surface area contributed by atoms with Crippen LogP contribution in [0.2, 0.25) is 0 Å². The molecule has 3 heterocycles. The highest BCUT2D eigenvalue weighted by molar-refractivity contribution is 5.95. The minimum absolute atomic E-state index is 0.0355. The molecule has 0 aliphatic carbocycles. The molecule has 0 radical (unpaired) electrons. The lowest BCUT2D eigenvalue weighted by Gasteiger charge is -2.41. The first-order valence-corrected chi connectivity index (χ1v) is 11.4. The van der Waals surface area contributed by atoms with Crippen molar-refractivity contribution in [3.8, 4) is 0 Å². The Balaban J connectivity index is 1.54. The van der Waals surface area contributed by atoms with Gasteiger partial charge >= 0.3 is 6.18 Å². The van der Waals surface area contributed by atoms with Crippen LogP contribution in [-0.4, -0.2) is 51.6 Å². The van der Waals surface area contributed by atoms with Gasteiger partial charge in [-0.3, -0.25) is 4.79 Å². The number of halogens is 3. The van der Waals surface area contributed by atoms with Crippen molar-refractivity contribution >= 4 is 17.5 Å². The molecule has 184 valence electrons. The van der Waals surface area contributed by atoms with Crippen LogP contribution in [0.15, 0.2) is 36.5 Å². The Morgan fingerprint density at radius 1 is 1.09 bits per heavy atom. The van der Waals surface area contributed by atoms with Crippen LogP contribution >= 0.6 is 0 Å². The number of hydrogen-bond acceptors (Lipinski definition) is 7. The fourth-order valence-electron chi connectivity index (χ4n) is 4.33. The molecule has 1 aliphatic heterocycles. The molecule has 0 bridgehead atoms. The molecule has 1 saturated heterocycles. The van der Waals surface area contributed by atoms with Gasteiger partial charge in [-0.25, -0.2) is 9.97 Å². The molecule has 1 aliphatic rings. The van der Waals surface area contributed by atoms with E-state index >= 15 is 0 Å². The van der Waals surface area contributed by atoms with Gasteiger partial charge in [0.1, 0.15) is 0 Å². The van der Waals surface area contributed by atoms with Crippen LogP contribution in [0.1, 0.15) is 52.3 Å². The van der Waals surface area contributed by atoms with Crippen LogP contribution in [0.4, 0.5) is 24.9 Å². The van der Waals surface area contributed by atoms with Gasteiger partial charge in [0.25, 0.3) is 0 Å². The molecule has 35 heavy (non-hydrogen) atoms. The van der Waals surface area contributed by atoms with Crippen molar-refractivity contribution < 1.29 is 18.0 Å². The lowest BCUT2D eigenvalue weighted by Crippen LogP contribution is -2.53. The standard InChI is InChI=1S/C25H27F3N6O/c1-15-14-33(23-17(3)16(2)21(31-32-23)12-19-8-6-5-7-9-19)10-11-34(15)24-29-13-20(18(4)35)22(30-24)25(26,27)28/h5-9,13,15H,10-12,14H2,1-4H3. The first kappa shape index (κ1) is 24.6. The summed E-state index contributed by atoms with van der Waals surface area (Å²) in [5, 5.41) is 9.00. The lowest BCUT2D eigenvalue weighted by molar-refractivity contribution is -0.141. The normalized spacial score (nSPS) is 16.5. The maximum Gasteiger partial charge on any atom is 0.434 e. The summed E-state index contributed by atoms with van der Waals surface area (Å²) in [5.74, 6) is 0.0168. The molecule has 0 saturated carbocycles. The zero-order valence-corrected chi connectivity index (χ0v) is 20.1. The summed E-state index contributed by atoms with van der Waals surface area (Å²) >= 11 is 0. The van der Waals surface area contributed by atoms with Crippen molar-refractivity contribution in [3.63, 3.8) is 0 Å². The van der Waals surface area contributed by atoms with Gasteiger partial charge in [-0.1, -0.05) is 30.3 Å². The number of anilines is 2. The summed E-state index contributed by atoms with van der Waals surface area (Å²) in [6.45, 7) is 8.48. The molecule has 7 nitrogen and oxygen atoms in total. The number of hydrogen-bond donors (Lipinski definition) is 0. The quantitative estimate of drug-likeness (QED) is 0.497. The summed E-state index contributed by atoms with van der Waals surface area (Å²) in [6, 6.07) is 9.90. The monoisotopic (exact) mass is 484 g/mol. The molecule has 1 atom stereocenters. The average Bonchev–Trinajstić information content (AvgIpc) is 2.82. The predicted molar refractivity (Wildman–Crippen MR) is 127 cm³/mol. The number of Topliss-reactive ketones (excluding diaryl/α,β-unsaturated/α-hetero) is 1. The summed E-state index contributed by atoms with van der Waals surface area (Å²) in [5.41, 5.74) is 2.47. The van der Waals surface area contributed by atoms with Crippen molar-refractivity contribution in [1.82, 2.24) is 20.2 Å². The second kappa shape index (κ2) is 9.59. The SMILES string of the molecule is CC(=O)c1cnc(N2CCN(c3nnc(Cc4ccccc4)c(C)c3C)CC2C)nc1C(F)(F)F. The average molecular weight is 485 g/mol. The van der Waals surface area contributed by atoms with E-state index in [1.54, 1.807) is 4.90 Å². The van der Waals surface area contributed by atoms with Crippen molar-refractivity contribution in [2.75, 3.05) is 29.4 Å². The maximum absolute atomic E-state index is 13.5. The van der Waals surface area contributed by atoms with Gasteiger partial charge in [0.2, 0.25) is 5.95 Å². The van der Waals surface area contributed by atoms with Crippen molar-refractivity contribution in [2.45, 2.75) is 46.3 Å². The molecule has 2 aromatic heterocycles. The molecule has 4 rings (SSSR count). The number of alkyl halides is 3. The van der Waals surface area contributed by atoms with E-state index in [1.807, 2.05) is 39.0 Å².